The lowest BCUT2D eigenvalue weighted by Crippen LogP contribution is -2.39. The molecule has 0 unspecified atom stereocenters. The predicted molar refractivity (Wildman–Crippen MR) is 99.6 cm³/mol. The van der Waals surface area contributed by atoms with E-state index in [-0.39, 0.29) is 11.7 Å². The second-order valence-corrected chi connectivity index (χ2v) is 7.42. The molecule has 0 N–H and O–H groups in total. The molecule has 2 aromatic rings. The Hall–Kier alpha value is -1.92. The van der Waals surface area contributed by atoms with E-state index in [4.69, 9.17) is 11.6 Å². The molecule has 3 rings (SSSR count). The Morgan fingerprint density at radius 1 is 1.38 bits per heavy atom. The van der Waals surface area contributed by atoms with Crippen molar-refractivity contribution >= 4 is 17.5 Å². The third kappa shape index (κ3) is 4.43. The quantitative estimate of drug-likeness (QED) is 0.802. The van der Waals surface area contributed by atoms with Crippen LogP contribution in [0, 0.1) is 11.7 Å². The van der Waals surface area contributed by atoms with Crippen LogP contribution in [0.4, 0.5) is 4.39 Å². The van der Waals surface area contributed by atoms with Crippen LogP contribution in [-0.2, 0) is 13.6 Å². The van der Waals surface area contributed by atoms with E-state index >= 15 is 0 Å². The number of halogens is 2. The summed E-state index contributed by atoms with van der Waals surface area (Å²) in [6, 6.07) is 4.81. The van der Waals surface area contributed by atoms with Crippen LogP contribution in [0.1, 0.15) is 28.8 Å². The fourth-order valence-corrected chi connectivity index (χ4v) is 3.68. The third-order valence-corrected chi connectivity index (χ3v) is 5.34. The smallest absolute Gasteiger partial charge is 0.256 e. The Morgan fingerprint density at radius 2 is 2.12 bits per heavy atom. The molecule has 1 aromatic carbocycles. The van der Waals surface area contributed by atoms with Crippen LogP contribution in [-0.4, -0.2) is 52.2 Å². The first-order valence-electron chi connectivity index (χ1n) is 8.83. The molecule has 1 saturated heterocycles. The first kappa shape index (κ1) is 18.9. The number of piperidine rings is 1. The van der Waals surface area contributed by atoms with Gasteiger partial charge < -0.3 is 4.90 Å². The first-order valence-corrected chi connectivity index (χ1v) is 9.21. The highest BCUT2D eigenvalue weighted by Crippen LogP contribution is 2.24. The SMILES string of the molecule is CN(CC1CCN(Cc2c(F)cccc2Cl)CC1)C(=O)c1cnn(C)c1. The van der Waals surface area contributed by atoms with E-state index in [0.717, 1.165) is 32.5 Å². The molecule has 0 saturated carbocycles. The van der Waals surface area contributed by atoms with Crippen molar-refractivity contribution in [3.63, 3.8) is 0 Å². The zero-order valence-electron chi connectivity index (χ0n) is 15.2. The van der Waals surface area contributed by atoms with Crippen molar-refractivity contribution in [2.45, 2.75) is 19.4 Å². The second kappa shape index (κ2) is 8.18. The van der Waals surface area contributed by atoms with Gasteiger partial charge in [0, 0.05) is 44.0 Å². The van der Waals surface area contributed by atoms with Crippen LogP contribution in [0.2, 0.25) is 5.02 Å². The van der Waals surface area contributed by atoms with Crippen LogP contribution in [0.3, 0.4) is 0 Å². The number of carbonyl (C=O) groups is 1. The maximum absolute atomic E-state index is 13.9. The molecule has 1 aliphatic rings. The molecule has 1 amide bonds. The third-order valence-electron chi connectivity index (χ3n) is 4.98. The Labute approximate surface area is 158 Å². The van der Waals surface area contributed by atoms with E-state index < -0.39 is 0 Å². The minimum absolute atomic E-state index is 0.00123. The molecule has 5 nitrogen and oxygen atoms in total. The Morgan fingerprint density at radius 3 is 2.73 bits per heavy atom. The summed E-state index contributed by atoms with van der Waals surface area (Å²) in [7, 11) is 3.63. The average Bonchev–Trinajstić information content (AvgIpc) is 3.05. The minimum Gasteiger partial charge on any atom is -0.341 e. The number of amides is 1. The number of rotatable bonds is 5. The molecule has 1 aromatic heterocycles. The van der Waals surface area contributed by atoms with Crippen LogP contribution in [0.15, 0.2) is 30.6 Å². The van der Waals surface area contributed by atoms with Crippen molar-refractivity contribution < 1.29 is 9.18 Å². The monoisotopic (exact) mass is 378 g/mol. The summed E-state index contributed by atoms with van der Waals surface area (Å²) in [4.78, 5) is 16.4. The highest BCUT2D eigenvalue weighted by molar-refractivity contribution is 6.31. The average molecular weight is 379 g/mol. The number of nitrogens with zero attached hydrogens (tertiary/aromatic N) is 4. The molecule has 2 heterocycles. The van der Waals surface area contributed by atoms with E-state index in [2.05, 4.69) is 10.00 Å². The summed E-state index contributed by atoms with van der Waals surface area (Å²) >= 11 is 6.12. The lowest BCUT2D eigenvalue weighted by atomic mass is 9.95. The van der Waals surface area contributed by atoms with E-state index in [9.17, 15) is 9.18 Å². The normalized spacial score (nSPS) is 16.0. The van der Waals surface area contributed by atoms with Gasteiger partial charge in [0.1, 0.15) is 5.82 Å². The molecule has 140 valence electrons. The first-order chi connectivity index (χ1) is 12.4. The summed E-state index contributed by atoms with van der Waals surface area (Å²) in [5.74, 6) is 0.202. The van der Waals surface area contributed by atoms with Gasteiger partial charge in [-0.2, -0.15) is 5.10 Å². The van der Waals surface area contributed by atoms with Crippen molar-refractivity contribution in [2.75, 3.05) is 26.7 Å². The van der Waals surface area contributed by atoms with Crippen molar-refractivity contribution in [1.29, 1.82) is 0 Å². The number of likely N-dealkylation sites (tertiary alicyclic amines) is 1. The topological polar surface area (TPSA) is 41.4 Å². The highest BCUT2D eigenvalue weighted by atomic mass is 35.5. The zero-order valence-corrected chi connectivity index (χ0v) is 15.9. The summed E-state index contributed by atoms with van der Waals surface area (Å²) in [6.07, 6.45) is 5.30. The lowest BCUT2D eigenvalue weighted by Gasteiger charge is -2.34. The molecule has 0 radical (unpaired) electrons. The van der Waals surface area contributed by atoms with Gasteiger partial charge in [-0.1, -0.05) is 17.7 Å². The van der Waals surface area contributed by atoms with Crippen LogP contribution in [0.5, 0.6) is 0 Å². The highest BCUT2D eigenvalue weighted by Gasteiger charge is 2.24. The number of aromatic nitrogens is 2. The molecule has 7 heteroatoms. The maximum atomic E-state index is 13.9. The van der Waals surface area contributed by atoms with Gasteiger partial charge in [0.05, 0.1) is 11.8 Å². The number of hydrogen-bond acceptors (Lipinski definition) is 3. The molecule has 1 aliphatic heterocycles. The molecule has 26 heavy (non-hydrogen) atoms. The number of carbonyl (C=O) groups excluding carboxylic acids is 1. The van der Waals surface area contributed by atoms with E-state index in [1.54, 1.807) is 41.2 Å². The summed E-state index contributed by atoms with van der Waals surface area (Å²) in [5.41, 5.74) is 1.18. The summed E-state index contributed by atoms with van der Waals surface area (Å²) in [6.45, 7) is 3.01. The van der Waals surface area contributed by atoms with Gasteiger partial charge in [-0.3, -0.25) is 14.4 Å². The lowest BCUT2D eigenvalue weighted by molar-refractivity contribution is 0.0737. The minimum atomic E-state index is -0.249. The van der Waals surface area contributed by atoms with Gasteiger partial charge in [-0.05, 0) is 44.0 Å². The molecule has 1 fully saturated rings. The second-order valence-electron chi connectivity index (χ2n) is 7.01. The van der Waals surface area contributed by atoms with E-state index in [0.29, 0.717) is 28.6 Å². The standard InChI is InChI=1S/C19H24ClFN4O/c1-23(19(26)15-10-22-24(2)12-15)11-14-6-8-25(9-7-14)13-16-17(20)4-3-5-18(16)21/h3-5,10,12,14H,6-9,11,13H2,1-2H3. The molecule has 0 aliphatic carbocycles. The van der Waals surface area contributed by atoms with Gasteiger partial charge in [0.25, 0.3) is 5.91 Å². The van der Waals surface area contributed by atoms with Crippen molar-refractivity contribution in [3.8, 4) is 0 Å². The van der Waals surface area contributed by atoms with Crippen molar-refractivity contribution in [3.05, 3.63) is 52.6 Å². The van der Waals surface area contributed by atoms with Gasteiger partial charge in [0.15, 0.2) is 0 Å². The Kier molecular flexibility index (Phi) is 5.94. The molecular formula is C19H24ClFN4O. The summed E-state index contributed by atoms with van der Waals surface area (Å²) in [5, 5.41) is 4.53. The van der Waals surface area contributed by atoms with E-state index in [1.165, 1.54) is 6.07 Å². The van der Waals surface area contributed by atoms with Gasteiger partial charge in [-0.15, -0.1) is 0 Å². The molecule has 0 spiro atoms. The molecular weight excluding hydrogens is 355 g/mol. The zero-order chi connectivity index (χ0) is 18.7. The van der Waals surface area contributed by atoms with Crippen molar-refractivity contribution in [1.82, 2.24) is 19.6 Å². The largest absolute Gasteiger partial charge is 0.341 e. The van der Waals surface area contributed by atoms with Gasteiger partial charge in [0.2, 0.25) is 0 Å². The van der Waals surface area contributed by atoms with Crippen LogP contribution < -0.4 is 0 Å². The summed E-state index contributed by atoms with van der Waals surface area (Å²) < 4.78 is 15.6. The molecule has 0 atom stereocenters. The predicted octanol–water partition coefficient (Wildman–Crippen LogP) is 3.20. The number of hydrogen-bond donors (Lipinski definition) is 0. The van der Waals surface area contributed by atoms with E-state index in [1.807, 2.05) is 7.05 Å². The van der Waals surface area contributed by atoms with Crippen molar-refractivity contribution in [2.24, 2.45) is 13.0 Å². The number of benzene rings is 1. The van der Waals surface area contributed by atoms with Crippen LogP contribution in [0.25, 0.3) is 0 Å². The number of aryl methyl sites for hydroxylation is 1. The van der Waals surface area contributed by atoms with Gasteiger partial charge >= 0.3 is 0 Å². The molecule has 0 bridgehead atoms. The fourth-order valence-electron chi connectivity index (χ4n) is 3.46. The van der Waals surface area contributed by atoms with Crippen LogP contribution >= 0.6 is 11.6 Å². The fraction of sp³-hybridized carbons (Fsp3) is 0.474. The Bertz CT molecular complexity index is 750. The Balaban J connectivity index is 1.50. The maximum Gasteiger partial charge on any atom is 0.256 e. The van der Waals surface area contributed by atoms with Gasteiger partial charge in [-0.25, -0.2) is 4.39 Å².